The molecular formula is C23H19NO4. The Morgan fingerprint density at radius 3 is 1.79 bits per heavy atom. The lowest BCUT2D eigenvalue weighted by atomic mass is 10.00. The molecule has 1 amide bonds. The number of carbonyl (C=O) groups is 3. The number of benzene rings is 3. The number of amides is 1. The summed E-state index contributed by atoms with van der Waals surface area (Å²) in [7, 11) is 0. The Morgan fingerprint density at radius 1 is 0.714 bits per heavy atom. The number of nitrogens with one attached hydrogen (secondary N) is 1. The Labute approximate surface area is 163 Å². The van der Waals surface area contributed by atoms with Crippen molar-refractivity contribution in [3.05, 3.63) is 108 Å². The molecule has 3 aromatic carbocycles. The molecule has 28 heavy (non-hydrogen) atoms. The summed E-state index contributed by atoms with van der Waals surface area (Å²) >= 11 is 0. The lowest BCUT2D eigenvalue weighted by Gasteiger charge is -2.17. The number of esters is 1. The zero-order valence-electron chi connectivity index (χ0n) is 15.1. The standard InChI is InChI=1S/C23H19NO4/c25-20(16-24-23(27)19-14-8-3-9-15-19)28-22(18-12-6-2-7-13-18)21(26)17-10-4-1-5-11-17/h1-15,22H,16H2,(H,24,27). The predicted octanol–water partition coefficient (Wildman–Crippen LogP) is 3.58. The summed E-state index contributed by atoms with van der Waals surface area (Å²) < 4.78 is 5.44. The lowest BCUT2D eigenvalue weighted by molar-refractivity contribution is -0.146. The summed E-state index contributed by atoms with van der Waals surface area (Å²) in [5, 5.41) is 2.51. The monoisotopic (exact) mass is 373 g/mol. The molecular weight excluding hydrogens is 354 g/mol. The fourth-order valence-electron chi connectivity index (χ4n) is 2.67. The van der Waals surface area contributed by atoms with Gasteiger partial charge in [0, 0.05) is 16.7 Å². The number of hydrogen-bond acceptors (Lipinski definition) is 4. The van der Waals surface area contributed by atoms with Crippen LogP contribution in [0.5, 0.6) is 0 Å². The number of ketones is 1. The first-order valence-electron chi connectivity index (χ1n) is 8.82. The third-order valence-electron chi connectivity index (χ3n) is 4.08. The van der Waals surface area contributed by atoms with E-state index in [4.69, 9.17) is 4.74 Å². The zero-order chi connectivity index (χ0) is 19.8. The highest BCUT2D eigenvalue weighted by Crippen LogP contribution is 2.22. The van der Waals surface area contributed by atoms with E-state index in [9.17, 15) is 14.4 Å². The molecule has 0 spiro atoms. The van der Waals surface area contributed by atoms with E-state index in [-0.39, 0.29) is 18.2 Å². The Morgan fingerprint density at radius 2 is 1.21 bits per heavy atom. The molecule has 0 saturated carbocycles. The van der Waals surface area contributed by atoms with Gasteiger partial charge in [0.05, 0.1) is 0 Å². The van der Waals surface area contributed by atoms with E-state index in [1.807, 2.05) is 6.07 Å². The van der Waals surface area contributed by atoms with E-state index in [0.717, 1.165) is 0 Å². The minimum atomic E-state index is -1.08. The largest absolute Gasteiger partial charge is 0.448 e. The number of ether oxygens (including phenoxy) is 1. The molecule has 0 heterocycles. The average molecular weight is 373 g/mol. The van der Waals surface area contributed by atoms with Crippen molar-refractivity contribution in [2.75, 3.05) is 6.54 Å². The van der Waals surface area contributed by atoms with Crippen LogP contribution in [-0.2, 0) is 9.53 Å². The average Bonchev–Trinajstić information content (AvgIpc) is 2.77. The maximum atomic E-state index is 12.9. The van der Waals surface area contributed by atoms with Crippen LogP contribution in [0.15, 0.2) is 91.0 Å². The van der Waals surface area contributed by atoms with Gasteiger partial charge in [0.15, 0.2) is 6.10 Å². The highest BCUT2D eigenvalue weighted by molar-refractivity contribution is 6.01. The number of Topliss-reactive ketones (excluding diaryl/α,β-unsaturated/α-hetero) is 1. The molecule has 1 unspecified atom stereocenters. The van der Waals surface area contributed by atoms with Crippen LogP contribution in [0.4, 0.5) is 0 Å². The van der Waals surface area contributed by atoms with E-state index >= 15 is 0 Å². The fourth-order valence-corrected chi connectivity index (χ4v) is 2.67. The summed E-state index contributed by atoms with van der Waals surface area (Å²) in [5.74, 6) is -1.40. The molecule has 1 atom stereocenters. The third kappa shape index (κ3) is 4.92. The van der Waals surface area contributed by atoms with Crippen molar-refractivity contribution < 1.29 is 19.1 Å². The first-order valence-corrected chi connectivity index (χ1v) is 8.82. The second kappa shape index (κ2) is 9.28. The van der Waals surface area contributed by atoms with E-state index in [1.165, 1.54) is 0 Å². The van der Waals surface area contributed by atoms with Crippen molar-refractivity contribution in [2.24, 2.45) is 0 Å². The van der Waals surface area contributed by atoms with Crippen molar-refractivity contribution >= 4 is 17.7 Å². The second-order valence-electron chi connectivity index (χ2n) is 6.06. The Kier molecular flexibility index (Phi) is 6.31. The van der Waals surface area contributed by atoms with Crippen LogP contribution in [0.25, 0.3) is 0 Å². The van der Waals surface area contributed by atoms with Crippen LogP contribution in [0, 0.1) is 0 Å². The van der Waals surface area contributed by atoms with E-state index in [2.05, 4.69) is 5.32 Å². The normalized spacial score (nSPS) is 11.3. The van der Waals surface area contributed by atoms with Crippen molar-refractivity contribution in [3.63, 3.8) is 0 Å². The van der Waals surface area contributed by atoms with Gasteiger partial charge in [0.2, 0.25) is 5.78 Å². The Hall–Kier alpha value is -3.73. The summed E-state index contributed by atoms with van der Waals surface area (Å²) in [4.78, 5) is 37.3. The topological polar surface area (TPSA) is 72.5 Å². The van der Waals surface area contributed by atoms with Crippen LogP contribution in [-0.4, -0.2) is 24.2 Å². The van der Waals surface area contributed by atoms with E-state index < -0.39 is 12.1 Å². The summed E-state index contributed by atoms with van der Waals surface area (Å²) in [6.45, 7) is -0.334. The van der Waals surface area contributed by atoms with Gasteiger partial charge in [-0.05, 0) is 12.1 Å². The van der Waals surface area contributed by atoms with Gasteiger partial charge in [0.25, 0.3) is 5.91 Å². The SMILES string of the molecule is O=C(CNC(=O)c1ccccc1)OC(C(=O)c1ccccc1)c1ccccc1. The van der Waals surface area contributed by atoms with Gasteiger partial charge in [-0.15, -0.1) is 0 Å². The predicted molar refractivity (Wildman–Crippen MR) is 105 cm³/mol. The van der Waals surface area contributed by atoms with Crippen LogP contribution < -0.4 is 5.32 Å². The summed E-state index contributed by atoms with van der Waals surface area (Å²) in [5.41, 5.74) is 1.45. The van der Waals surface area contributed by atoms with Crippen LogP contribution in [0.1, 0.15) is 32.4 Å². The maximum Gasteiger partial charge on any atom is 0.326 e. The van der Waals surface area contributed by atoms with Crippen molar-refractivity contribution in [1.82, 2.24) is 5.32 Å². The highest BCUT2D eigenvalue weighted by atomic mass is 16.5. The molecule has 0 aliphatic rings. The van der Waals surface area contributed by atoms with E-state index in [1.54, 1.807) is 84.9 Å². The summed E-state index contributed by atoms with van der Waals surface area (Å²) in [6, 6.07) is 26.0. The van der Waals surface area contributed by atoms with Crippen molar-refractivity contribution in [2.45, 2.75) is 6.10 Å². The highest BCUT2D eigenvalue weighted by Gasteiger charge is 2.26. The molecule has 0 radical (unpaired) electrons. The minimum Gasteiger partial charge on any atom is -0.448 e. The lowest BCUT2D eigenvalue weighted by Crippen LogP contribution is -2.32. The van der Waals surface area contributed by atoms with Gasteiger partial charge < -0.3 is 10.1 Å². The van der Waals surface area contributed by atoms with Crippen molar-refractivity contribution in [3.8, 4) is 0 Å². The van der Waals surface area contributed by atoms with Crippen molar-refractivity contribution in [1.29, 1.82) is 0 Å². The molecule has 0 aliphatic heterocycles. The van der Waals surface area contributed by atoms with Crippen LogP contribution >= 0.6 is 0 Å². The first kappa shape index (κ1) is 19.0. The van der Waals surface area contributed by atoms with Gasteiger partial charge in [0.1, 0.15) is 6.54 Å². The molecule has 0 bridgehead atoms. The zero-order valence-corrected chi connectivity index (χ0v) is 15.1. The van der Waals surface area contributed by atoms with E-state index in [0.29, 0.717) is 16.7 Å². The van der Waals surface area contributed by atoms with Crippen LogP contribution in [0.2, 0.25) is 0 Å². The fraction of sp³-hybridized carbons (Fsp3) is 0.0870. The molecule has 1 N–H and O–H groups in total. The van der Waals surface area contributed by atoms with Gasteiger partial charge >= 0.3 is 5.97 Å². The maximum absolute atomic E-state index is 12.9. The molecule has 0 fully saturated rings. The van der Waals surface area contributed by atoms with Gasteiger partial charge in [-0.1, -0.05) is 78.9 Å². The van der Waals surface area contributed by atoms with Gasteiger partial charge in [-0.3, -0.25) is 14.4 Å². The molecule has 0 aromatic heterocycles. The number of carbonyl (C=O) groups excluding carboxylic acids is 3. The van der Waals surface area contributed by atoms with Gasteiger partial charge in [-0.2, -0.15) is 0 Å². The molecule has 0 aliphatic carbocycles. The number of hydrogen-bond donors (Lipinski definition) is 1. The number of rotatable bonds is 7. The smallest absolute Gasteiger partial charge is 0.326 e. The Balaban J connectivity index is 1.70. The quantitative estimate of drug-likeness (QED) is 0.507. The molecule has 140 valence electrons. The Bertz CT molecular complexity index is 940. The second-order valence-corrected chi connectivity index (χ2v) is 6.06. The molecule has 0 saturated heterocycles. The molecule has 5 nitrogen and oxygen atoms in total. The van der Waals surface area contributed by atoms with Crippen LogP contribution in [0.3, 0.4) is 0 Å². The molecule has 3 aromatic rings. The summed E-state index contributed by atoms with van der Waals surface area (Å²) in [6.07, 6.45) is -1.08. The molecule has 5 heteroatoms. The molecule has 3 rings (SSSR count). The van der Waals surface area contributed by atoms with Gasteiger partial charge in [-0.25, -0.2) is 0 Å². The first-order chi connectivity index (χ1) is 13.6. The third-order valence-corrected chi connectivity index (χ3v) is 4.08. The minimum absolute atomic E-state index is 0.325.